The highest BCUT2D eigenvalue weighted by molar-refractivity contribution is 6.60. The minimum atomic E-state index is -4.27. The van der Waals surface area contributed by atoms with Crippen LogP contribution in [-0.2, 0) is 25.9 Å². The number of unbranched alkanes of at least 4 members (excludes halogenated alkanes) is 2. The second-order valence-corrected chi connectivity index (χ2v) is 8.36. The Hall–Kier alpha value is -0.893. The summed E-state index contributed by atoms with van der Waals surface area (Å²) in [5.74, 6) is 0. The number of aryl methyl sites for hydroxylation is 1. The Labute approximate surface area is 143 Å². The molecule has 1 rings (SSSR count). The highest BCUT2D eigenvalue weighted by Crippen LogP contribution is 2.29. The molecule has 7 heteroatoms. The van der Waals surface area contributed by atoms with Crippen molar-refractivity contribution in [3.8, 4) is 0 Å². The molecule has 0 heterocycles. The summed E-state index contributed by atoms with van der Waals surface area (Å²) in [7, 11) is -0.927. The Kier molecular flexibility index (Phi) is 8.97. The topological polar surface area (TPSA) is 27.7 Å². The largest absolute Gasteiger partial charge is 0.500 e. The Bertz CT molecular complexity index is 457. The van der Waals surface area contributed by atoms with Gasteiger partial charge in [-0.2, -0.15) is 13.2 Å². The lowest BCUT2D eigenvalue weighted by atomic mass is 10.1. The van der Waals surface area contributed by atoms with Crippen molar-refractivity contribution in [2.45, 2.75) is 51.8 Å². The second-order valence-electron chi connectivity index (χ2n) is 5.51. The van der Waals surface area contributed by atoms with Gasteiger partial charge < -0.3 is 13.3 Å². The van der Waals surface area contributed by atoms with Gasteiger partial charge in [0.15, 0.2) is 0 Å². The van der Waals surface area contributed by atoms with Crippen LogP contribution in [0.25, 0.3) is 0 Å². The van der Waals surface area contributed by atoms with Crippen LogP contribution in [0.1, 0.15) is 44.2 Å². The van der Waals surface area contributed by atoms with Gasteiger partial charge in [0.2, 0.25) is 0 Å². The third-order valence-electron chi connectivity index (χ3n) is 3.77. The molecule has 0 N–H and O–H groups in total. The van der Waals surface area contributed by atoms with Crippen molar-refractivity contribution in [2.75, 3.05) is 20.3 Å². The number of benzene rings is 1. The Morgan fingerprint density at radius 2 is 1.50 bits per heavy atom. The fourth-order valence-electron chi connectivity index (χ4n) is 2.55. The molecule has 0 aliphatic rings. The van der Waals surface area contributed by atoms with E-state index < -0.39 is 20.5 Å². The average molecular weight is 364 g/mol. The lowest BCUT2D eigenvalue weighted by Gasteiger charge is -2.27. The predicted molar refractivity (Wildman–Crippen MR) is 89.8 cm³/mol. The first-order chi connectivity index (χ1) is 11.4. The third kappa shape index (κ3) is 6.92. The summed E-state index contributed by atoms with van der Waals surface area (Å²) >= 11 is 0. The predicted octanol–water partition coefficient (Wildman–Crippen LogP) is 5.08. The number of alkyl halides is 3. The van der Waals surface area contributed by atoms with Crippen molar-refractivity contribution in [1.29, 1.82) is 0 Å². The first-order valence-corrected chi connectivity index (χ1v) is 10.3. The van der Waals surface area contributed by atoms with E-state index >= 15 is 0 Å². The summed E-state index contributed by atoms with van der Waals surface area (Å²) in [5, 5.41) is 0. The minimum Gasteiger partial charge on any atom is -0.377 e. The van der Waals surface area contributed by atoms with E-state index in [0.29, 0.717) is 13.2 Å². The zero-order valence-electron chi connectivity index (χ0n) is 14.6. The summed E-state index contributed by atoms with van der Waals surface area (Å²) in [4.78, 5) is 0. The maximum atomic E-state index is 12.5. The summed E-state index contributed by atoms with van der Waals surface area (Å²) in [5.41, 5.74) is 0.323. The SMILES string of the molecule is CCO[Si](CCCCCc1ccc(C(F)(F)F)cc1)(OC)OCC. The monoisotopic (exact) mass is 364 g/mol. The van der Waals surface area contributed by atoms with Crippen LogP contribution < -0.4 is 0 Å². The summed E-state index contributed by atoms with van der Waals surface area (Å²) in [6, 6.07) is 6.15. The van der Waals surface area contributed by atoms with Crippen LogP contribution in [0, 0.1) is 0 Å². The van der Waals surface area contributed by atoms with Crippen LogP contribution in [0.5, 0.6) is 0 Å². The molecule has 3 nitrogen and oxygen atoms in total. The Morgan fingerprint density at radius 3 is 1.96 bits per heavy atom. The van der Waals surface area contributed by atoms with Gasteiger partial charge in [-0.05, 0) is 50.8 Å². The van der Waals surface area contributed by atoms with Gasteiger partial charge in [-0.25, -0.2) is 0 Å². The van der Waals surface area contributed by atoms with Crippen LogP contribution >= 0.6 is 0 Å². The molecule has 0 aliphatic heterocycles. The van der Waals surface area contributed by atoms with Crippen LogP contribution in [-0.4, -0.2) is 29.1 Å². The first-order valence-electron chi connectivity index (χ1n) is 8.36. The van der Waals surface area contributed by atoms with Crippen LogP contribution in [0.4, 0.5) is 13.2 Å². The highest BCUT2D eigenvalue weighted by Gasteiger charge is 2.38. The Balaban J connectivity index is 2.37. The number of halogens is 3. The molecule has 0 saturated heterocycles. The molecule has 0 fully saturated rings. The lowest BCUT2D eigenvalue weighted by molar-refractivity contribution is -0.137. The molecule has 138 valence electrons. The van der Waals surface area contributed by atoms with E-state index in [-0.39, 0.29) is 0 Å². The average Bonchev–Trinajstić information content (AvgIpc) is 2.54. The standard InChI is InChI=1S/C17H27F3O3Si/c1-4-22-24(21-3,23-5-2)14-8-6-7-9-15-10-12-16(13-11-15)17(18,19)20/h10-13H,4-9,14H2,1-3H3. The third-order valence-corrected chi connectivity index (χ3v) is 6.81. The molecule has 0 bridgehead atoms. The molecule has 0 aromatic heterocycles. The maximum Gasteiger partial charge on any atom is 0.500 e. The molecule has 0 unspecified atom stereocenters. The van der Waals surface area contributed by atoms with Crippen molar-refractivity contribution in [1.82, 2.24) is 0 Å². The molecule has 0 amide bonds. The summed E-state index contributed by atoms with van der Waals surface area (Å²) < 4.78 is 54.5. The van der Waals surface area contributed by atoms with E-state index in [4.69, 9.17) is 13.3 Å². The fraction of sp³-hybridized carbons (Fsp3) is 0.647. The first kappa shape index (κ1) is 21.2. The van der Waals surface area contributed by atoms with Gasteiger partial charge in [0, 0.05) is 26.4 Å². The van der Waals surface area contributed by atoms with Crippen molar-refractivity contribution in [3.05, 3.63) is 35.4 Å². The molecule has 0 radical (unpaired) electrons. The van der Waals surface area contributed by atoms with Gasteiger partial charge in [-0.15, -0.1) is 0 Å². The molecular formula is C17H27F3O3Si. The van der Waals surface area contributed by atoms with Crippen molar-refractivity contribution in [3.63, 3.8) is 0 Å². The molecule has 0 atom stereocenters. The quantitative estimate of drug-likeness (QED) is 0.405. The molecular weight excluding hydrogens is 337 g/mol. The van der Waals surface area contributed by atoms with E-state index in [2.05, 4.69) is 0 Å². The molecule has 0 aliphatic carbocycles. The van der Waals surface area contributed by atoms with E-state index in [9.17, 15) is 13.2 Å². The molecule has 1 aromatic carbocycles. The maximum absolute atomic E-state index is 12.5. The lowest BCUT2D eigenvalue weighted by Crippen LogP contribution is -2.44. The number of hydrogen-bond donors (Lipinski definition) is 0. The van der Waals surface area contributed by atoms with Crippen molar-refractivity contribution < 1.29 is 26.4 Å². The number of rotatable bonds is 11. The van der Waals surface area contributed by atoms with Gasteiger partial charge in [0.05, 0.1) is 5.56 Å². The summed E-state index contributed by atoms with van der Waals surface area (Å²) in [6.07, 6.45) is -0.716. The van der Waals surface area contributed by atoms with E-state index in [1.54, 1.807) is 19.2 Å². The zero-order chi connectivity index (χ0) is 18.1. The second kappa shape index (κ2) is 10.2. The minimum absolute atomic E-state index is 0.561. The fourth-order valence-corrected chi connectivity index (χ4v) is 4.93. The van der Waals surface area contributed by atoms with Gasteiger partial charge in [0.25, 0.3) is 0 Å². The zero-order valence-corrected chi connectivity index (χ0v) is 15.6. The van der Waals surface area contributed by atoms with Crippen molar-refractivity contribution >= 4 is 8.80 Å². The molecule has 0 spiro atoms. The van der Waals surface area contributed by atoms with E-state index in [1.165, 1.54) is 0 Å². The van der Waals surface area contributed by atoms with Crippen molar-refractivity contribution in [2.24, 2.45) is 0 Å². The van der Waals surface area contributed by atoms with Gasteiger partial charge in [0.1, 0.15) is 0 Å². The Morgan fingerprint density at radius 1 is 0.917 bits per heavy atom. The smallest absolute Gasteiger partial charge is 0.377 e. The van der Waals surface area contributed by atoms with Gasteiger partial charge in [-0.3, -0.25) is 0 Å². The van der Waals surface area contributed by atoms with Gasteiger partial charge >= 0.3 is 15.0 Å². The van der Waals surface area contributed by atoms with Crippen LogP contribution in [0.15, 0.2) is 24.3 Å². The molecule has 1 aromatic rings. The van der Waals surface area contributed by atoms with Gasteiger partial charge in [-0.1, -0.05) is 18.6 Å². The summed E-state index contributed by atoms with van der Waals surface area (Å²) in [6.45, 7) is 4.96. The molecule has 24 heavy (non-hydrogen) atoms. The number of hydrogen-bond acceptors (Lipinski definition) is 3. The van der Waals surface area contributed by atoms with Crippen LogP contribution in [0.3, 0.4) is 0 Å². The highest BCUT2D eigenvalue weighted by atomic mass is 28.4. The van der Waals surface area contributed by atoms with E-state index in [1.807, 2.05) is 13.8 Å². The molecule has 0 saturated carbocycles. The van der Waals surface area contributed by atoms with E-state index in [0.717, 1.165) is 49.4 Å². The normalized spacial score (nSPS) is 12.6. The van der Waals surface area contributed by atoms with Crippen LogP contribution in [0.2, 0.25) is 6.04 Å².